The lowest BCUT2D eigenvalue weighted by atomic mass is 9.98. The molecule has 7 rings (SSSR count). The van der Waals surface area contributed by atoms with Crippen LogP contribution in [0.3, 0.4) is 0 Å². The molecule has 2 aliphatic rings. The van der Waals surface area contributed by atoms with Gasteiger partial charge < -0.3 is 9.47 Å². The van der Waals surface area contributed by atoms with E-state index in [1.165, 1.54) is 7.11 Å². The molecule has 2 heterocycles. The van der Waals surface area contributed by atoms with E-state index < -0.39 is 11.9 Å². The largest absolute Gasteiger partial charge is 0.465 e. The molecule has 0 saturated heterocycles. The number of nitrogens with zero attached hydrogens (tertiary/aromatic N) is 3. The number of hydrogen-bond donors (Lipinski definition) is 0. The monoisotopic (exact) mass is 563 g/mol. The number of anilines is 2. The van der Waals surface area contributed by atoms with E-state index in [-0.39, 0.29) is 16.9 Å². The second kappa shape index (κ2) is 10.8. The van der Waals surface area contributed by atoms with Crippen molar-refractivity contribution in [2.45, 2.75) is 0 Å². The van der Waals surface area contributed by atoms with Gasteiger partial charge in [0.15, 0.2) is 17.4 Å². The predicted molar refractivity (Wildman–Crippen MR) is 167 cm³/mol. The minimum absolute atomic E-state index is 0.0326. The second-order valence-electron chi connectivity index (χ2n) is 9.92. The van der Waals surface area contributed by atoms with E-state index in [0.29, 0.717) is 22.9 Å². The molecular formula is C36H25N3O4. The highest BCUT2D eigenvalue weighted by molar-refractivity contribution is 6.22. The average Bonchev–Trinajstić information content (AvgIpc) is 3.63. The molecule has 0 amide bonds. The topological polar surface area (TPSA) is 71.4 Å². The van der Waals surface area contributed by atoms with E-state index in [0.717, 1.165) is 22.0 Å². The summed E-state index contributed by atoms with van der Waals surface area (Å²) in [6.07, 6.45) is 0. The molecule has 0 aromatic heterocycles. The van der Waals surface area contributed by atoms with Gasteiger partial charge in [0.25, 0.3) is 0 Å². The first-order chi connectivity index (χ1) is 21.2. The molecule has 0 N–H and O–H groups in total. The first-order valence-corrected chi connectivity index (χ1v) is 13.8. The van der Waals surface area contributed by atoms with Crippen LogP contribution in [-0.4, -0.2) is 24.9 Å². The molecule has 5 aromatic rings. The van der Waals surface area contributed by atoms with E-state index >= 15 is 0 Å². The molecule has 208 valence electrons. The zero-order valence-corrected chi connectivity index (χ0v) is 23.2. The van der Waals surface area contributed by atoms with Crippen molar-refractivity contribution in [2.75, 3.05) is 17.0 Å². The number of ether oxygens (including phenoxy) is 2. The van der Waals surface area contributed by atoms with Crippen LogP contribution in [0.4, 0.5) is 11.4 Å². The summed E-state index contributed by atoms with van der Waals surface area (Å²) in [4.78, 5) is 29.6. The van der Waals surface area contributed by atoms with Crippen molar-refractivity contribution in [1.29, 1.82) is 0 Å². The molecule has 5 aromatic carbocycles. The van der Waals surface area contributed by atoms with Gasteiger partial charge >= 0.3 is 11.9 Å². The van der Waals surface area contributed by atoms with Crippen molar-refractivity contribution in [3.63, 3.8) is 0 Å². The molecule has 0 atom stereocenters. The number of para-hydroxylation sites is 2. The number of cyclic esters (lactones) is 1. The van der Waals surface area contributed by atoms with E-state index in [4.69, 9.17) is 14.6 Å². The number of hydrazone groups is 1. The summed E-state index contributed by atoms with van der Waals surface area (Å²) < 4.78 is 11.3. The Bertz CT molecular complexity index is 1960. The average molecular weight is 564 g/mol. The van der Waals surface area contributed by atoms with Gasteiger partial charge in [-0.05, 0) is 35.0 Å². The molecule has 0 saturated carbocycles. The van der Waals surface area contributed by atoms with Crippen molar-refractivity contribution >= 4 is 45.7 Å². The third-order valence-corrected chi connectivity index (χ3v) is 7.39. The molecule has 0 fully saturated rings. The minimum atomic E-state index is -0.689. The maximum Gasteiger partial charge on any atom is 0.348 e. The quantitative estimate of drug-likeness (QED) is 0.172. The van der Waals surface area contributed by atoms with Gasteiger partial charge in [-0.2, -0.15) is 0 Å². The molecule has 0 radical (unpaired) electrons. The van der Waals surface area contributed by atoms with Crippen LogP contribution in [0.5, 0.6) is 0 Å². The van der Waals surface area contributed by atoms with Gasteiger partial charge in [0.1, 0.15) is 11.1 Å². The van der Waals surface area contributed by atoms with Gasteiger partial charge in [-0.1, -0.05) is 109 Å². The number of methoxy groups -OCH3 is 1. The van der Waals surface area contributed by atoms with Crippen molar-refractivity contribution in [3.8, 4) is 0 Å². The highest BCUT2D eigenvalue weighted by Gasteiger charge is 2.45. The van der Waals surface area contributed by atoms with E-state index in [2.05, 4.69) is 0 Å². The first kappa shape index (κ1) is 26.0. The number of amidine groups is 1. The summed E-state index contributed by atoms with van der Waals surface area (Å²) in [5.41, 5.74) is 2.98. The molecule has 43 heavy (non-hydrogen) atoms. The van der Waals surface area contributed by atoms with Crippen LogP contribution < -0.4 is 9.91 Å². The van der Waals surface area contributed by atoms with Gasteiger partial charge in [0, 0.05) is 16.8 Å². The zero-order valence-electron chi connectivity index (χ0n) is 23.2. The summed E-state index contributed by atoms with van der Waals surface area (Å²) >= 11 is 0. The lowest BCUT2D eigenvalue weighted by Gasteiger charge is -2.26. The van der Waals surface area contributed by atoms with Crippen LogP contribution in [0, 0.1) is 0 Å². The zero-order chi connectivity index (χ0) is 29.3. The van der Waals surface area contributed by atoms with Crippen LogP contribution in [0.1, 0.15) is 11.1 Å². The van der Waals surface area contributed by atoms with Gasteiger partial charge in [0.2, 0.25) is 0 Å². The van der Waals surface area contributed by atoms with Crippen molar-refractivity contribution < 1.29 is 19.1 Å². The summed E-state index contributed by atoms with van der Waals surface area (Å²) in [5.74, 6) is -0.286. The maximum absolute atomic E-state index is 14.1. The second-order valence-corrected chi connectivity index (χ2v) is 9.92. The maximum atomic E-state index is 14.1. The third kappa shape index (κ3) is 4.44. The summed E-state index contributed by atoms with van der Waals surface area (Å²) in [7, 11) is 1.30. The number of fused-ring (bicyclic) bond motifs is 1. The summed E-state index contributed by atoms with van der Waals surface area (Å²) in [5, 5.41) is 8.52. The van der Waals surface area contributed by atoms with Gasteiger partial charge in [-0.25, -0.2) is 14.6 Å². The molecule has 0 aliphatic carbocycles. The lowest BCUT2D eigenvalue weighted by molar-refractivity contribution is -0.136. The molecule has 0 unspecified atom stereocenters. The van der Waals surface area contributed by atoms with Crippen LogP contribution >= 0.6 is 0 Å². The Morgan fingerprint density at radius 3 is 2.02 bits per heavy atom. The smallest absolute Gasteiger partial charge is 0.348 e. The highest BCUT2D eigenvalue weighted by atomic mass is 16.6. The van der Waals surface area contributed by atoms with Crippen LogP contribution in [0.15, 0.2) is 156 Å². The number of benzene rings is 5. The van der Waals surface area contributed by atoms with E-state index in [1.807, 2.05) is 138 Å². The standard InChI is InChI=1S/C36H25N3O4/c1-42-35(40)30-31(36(41)43-32(30)29-23-13-17-24-14-11-12-22-28(24)29)34-38(26-18-7-3-8-19-26)33(25-15-5-2-6-16-25)37-39(34)27-20-9-4-10-21-27/h2-23H,1H3/b34-31+. The fourth-order valence-electron chi connectivity index (χ4n) is 5.47. The van der Waals surface area contributed by atoms with Crippen molar-refractivity contribution in [3.05, 3.63) is 162 Å². The molecule has 0 bridgehead atoms. The molecule has 7 nitrogen and oxygen atoms in total. The fourth-order valence-corrected chi connectivity index (χ4v) is 5.47. The Balaban J connectivity index is 1.57. The minimum Gasteiger partial charge on any atom is -0.465 e. The van der Waals surface area contributed by atoms with Crippen LogP contribution in [0.25, 0.3) is 16.5 Å². The van der Waals surface area contributed by atoms with Gasteiger partial charge in [-0.15, -0.1) is 5.10 Å². The number of carbonyl (C=O) groups excluding carboxylic acids is 2. The Kier molecular flexibility index (Phi) is 6.52. The predicted octanol–water partition coefficient (Wildman–Crippen LogP) is 6.88. The Morgan fingerprint density at radius 1 is 0.721 bits per heavy atom. The molecule has 0 spiro atoms. The number of esters is 2. The third-order valence-electron chi connectivity index (χ3n) is 7.39. The Hall–Kier alpha value is -5.95. The van der Waals surface area contributed by atoms with Crippen LogP contribution in [0.2, 0.25) is 0 Å². The number of hydrogen-bond acceptors (Lipinski definition) is 7. The molecule has 7 heteroatoms. The van der Waals surface area contributed by atoms with Gasteiger partial charge in [-0.3, -0.25) is 4.90 Å². The molecular weight excluding hydrogens is 538 g/mol. The lowest BCUT2D eigenvalue weighted by Crippen LogP contribution is -2.32. The number of rotatable bonds is 5. The number of carbonyl (C=O) groups is 2. The SMILES string of the molecule is COC(=O)C1=C(c2cccc3ccccc23)OC(=O)/C1=C1/N(c2ccccc2)N=C(c2ccccc2)N1c1ccccc1. The first-order valence-electron chi connectivity index (χ1n) is 13.8. The van der Waals surface area contributed by atoms with E-state index in [1.54, 1.807) is 5.01 Å². The van der Waals surface area contributed by atoms with Crippen molar-refractivity contribution in [2.24, 2.45) is 5.10 Å². The molecule has 2 aliphatic heterocycles. The normalized spacial score (nSPS) is 16.5. The Labute approximate surface area is 248 Å². The summed E-state index contributed by atoms with van der Waals surface area (Å²) in [6, 6.07) is 42.2. The summed E-state index contributed by atoms with van der Waals surface area (Å²) in [6.45, 7) is 0. The van der Waals surface area contributed by atoms with Crippen LogP contribution in [-0.2, 0) is 19.1 Å². The van der Waals surface area contributed by atoms with Crippen molar-refractivity contribution in [1.82, 2.24) is 0 Å². The van der Waals surface area contributed by atoms with E-state index in [9.17, 15) is 9.59 Å². The highest BCUT2D eigenvalue weighted by Crippen LogP contribution is 2.43. The van der Waals surface area contributed by atoms with Gasteiger partial charge in [0.05, 0.1) is 12.8 Å². The fraction of sp³-hybridized carbons (Fsp3) is 0.0278. The Morgan fingerprint density at radius 2 is 1.33 bits per heavy atom.